The number of rotatable bonds is 9. The number of nitrogens with zero attached hydrogens (tertiary/aromatic N) is 1. The van der Waals surface area contributed by atoms with Crippen LogP contribution >= 0.6 is 23.2 Å². The molecule has 1 aromatic rings. The maximum atomic E-state index is 11.7. The minimum absolute atomic E-state index is 0.0803. The van der Waals surface area contributed by atoms with E-state index in [-0.39, 0.29) is 17.8 Å². The first-order chi connectivity index (χ1) is 11.6. The number of hydrogen-bond acceptors (Lipinski definition) is 6. The molecule has 0 saturated carbocycles. The van der Waals surface area contributed by atoms with Crippen molar-refractivity contribution < 1.29 is 28.5 Å². The Bertz CT molecular complexity index is 649. The molecule has 1 aromatic carbocycles. The second-order valence-electron chi connectivity index (χ2n) is 5.75. The molecule has 0 radical (unpaired) electrons. The van der Waals surface area contributed by atoms with Crippen LogP contribution in [0.3, 0.4) is 0 Å². The Balaban J connectivity index is 2.34. The van der Waals surface area contributed by atoms with Crippen LogP contribution in [-0.2, 0) is 19.2 Å². The maximum absolute atomic E-state index is 11.7. The fourth-order valence-corrected chi connectivity index (χ4v) is 1.93. The molecule has 0 unspecified atom stereocenters. The van der Waals surface area contributed by atoms with Crippen molar-refractivity contribution in [3.63, 3.8) is 0 Å². The zero-order valence-electron chi connectivity index (χ0n) is 14.3. The van der Waals surface area contributed by atoms with Crippen LogP contribution in [0.5, 0.6) is 5.75 Å². The second-order valence-corrected chi connectivity index (χ2v) is 6.60. The van der Waals surface area contributed by atoms with Crippen LogP contribution in [-0.4, -0.2) is 50.4 Å². The summed E-state index contributed by atoms with van der Waals surface area (Å²) in [5, 5.41) is 0.761. The van der Waals surface area contributed by atoms with Crippen LogP contribution in [0.4, 0.5) is 0 Å². The molecule has 0 bridgehead atoms. The quantitative estimate of drug-likeness (QED) is 0.301. The number of esters is 1. The number of benzene rings is 1. The molecule has 1 N–H and O–H groups in total. The monoisotopic (exact) mass is 391 g/mol. The molecule has 0 spiro atoms. The molecule has 0 atom stereocenters. The molecule has 0 aromatic heterocycles. The van der Waals surface area contributed by atoms with Crippen molar-refractivity contribution in [2.45, 2.75) is 6.92 Å². The van der Waals surface area contributed by atoms with E-state index in [0.29, 0.717) is 27.9 Å². The number of halogens is 2. The van der Waals surface area contributed by atoms with Crippen LogP contribution in [0.2, 0.25) is 10.0 Å². The SMILES string of the molecule is C=C(C)C(=O)OCC[N+](C)(C)NOC(=O)COc1ccc(Cl)cc1Cl. The van der Waals surface area contributed by atoms with Gasteiger partial charge in [0.05, 0.1) is 19.1 Å². The molecular weight excluding hydrogens is 371 g/mol. The van der Waals surface area contributed by atoms with Gasteiger partial charge >= 0.3 is 11.9 Å². The molecule has 0 fully saturated rings. The van der Waals surface area contributed by atoms with Gasteiger partial charge in [0.25, 0.3) is 0 Å². The summed E-state index contributed by atoms with van der Waals surface area (Å²) >= 11 is 11.7. The van der Waals surface area contributed by atoms with Gasteiger partial charge in [-0.2, -0.15) is 0 Å². The number of ether oxygens (including phenoxy) is 2. The number of hydrogen-bond donors (Lipinski definition) is 1. The molecule has 0 aliphatic heterocycles. The number of nitrogens with one attached hydrogen (secondary N) is 1. The van der Waals surface area contributed by atoms with Crippen molar-refractivity contribution >= 4 is 35.1 Å². The summed E-state index contributed by atoms with van der Waals surface area (Å²) < 4.78 is 10.3. The largest absolute Gasteiger partial charge is 0.480 e. The Morgan fingerprint density at radius 2 is 1.96 bits per heavy atom. The third-order valence-corrected chi connectivity index (χ3v) is 3.41. The van der Waals surface area contributed by atoms with Crippen LogP contribution in [0.15, 0.2) is 30.4 Å². The first kappa shape index (κ1) is 21.2. The highest BCUT2D eigenvalue weighted by Gasteiger charge is 2.19. The number of quaternary nitrogens is 1. The third kappa shape index (κ3) is 8.22. The lowest BCUT2D eigenvalue weighted by Gasteiger charge is -2.27. The summed E-state index contributed by atoms with van der Waals surface area (Å²) in [4.78, 5) is 27.9. The summed E-state index contributed by atoms with van der Waals surface area (Å²) in [5.41, 5.74) is 2.88. The Morgan fingerprint density at radius 3 is 2.56 bits per heavy atom. The van der Waals surface area contributed by atoms with Gasteiger partial charge < -0.3 is 14.3 Å². The second kappa shape index (κ2) is 9.62. The van der Waals surface area contributed by atoms with Gasteiger partial charge in [-0.1, -0.05) is 29.8 Å². The minimum Gasteiger partial charge on any atom is -0.480 e. The van der Waals surface area contributed by atoms with Crippen LogP contribution in [0.1, 0.15) is 6.92 Å². The van der Waals surface area contributed by atoms with Crippen molar-refractivity contribution in [1.82, 2.24) is 5.59 Å². The van der Waals surface area contributed by atoms with Crippen LogP contribution in [0, 0.1) is 0 Å². The number of carbonyl (C=O) groups excluding carboxylic acids is 2. The summed E-state index contributed by atoms with van der Waals surface area (Å²) in [5.74, 6) is -0.787. The molecule has 25 heavy (non-hydrogen) atoms. The summed E-state index contributed by atoms with van der Waals surface area (Å²) in [6.45, 7) is 5.23. The lowest BCUT2D eigenvalue weighted by Crippen LogP contribution is -2.54. The van der Waals surface area contributed by atoms with Gasteiger partial charge in [0.1, 0.15) is 18.9 Å². The predicted octanol–water partition coefficient (Wildman–Crippen LogP) is 2.53. The van der Waals surface area contributed by atoms with Gasteiger partial charge in [-0.05, 0) is 25.1 Å². The summed E-state index contributed by atoms with van der Waals surface area (Å²) in [7, 11) is 3.47. The minimum atomic E-state index is -0.642. The van der Waals surface area contributed by atoms with Crippen molar-refractivity contribution in [2.75, 3.05) is 33.9 Å². The molecule has 0 aliphatic rings. The van der Waals surface area contributed by atoms with E-state index in [2.05, 4.69) is 12.2 Å². The lowest BCUT2D eigenvalue weighted by molar-refractivity contribution is -0.958. The summed E-state index contributed by atoms with van der Waals surface area (Å²) in [6, 6.07) is 4.66. The topological polar surface area (TPSA) is 73.9 Å². The highest BCUT2D eigenvalue weighted by atomic mass is 35.5. The molecular formula is C16H21Cl2N2O5+. The van der Waals surface area contributed by atoms with Crippen LogP contribution in [0.25, 0.3) is 0 Å². The van der Waals surface area contributed by atoms with Crippen molar-refractivity contribution in [1.29, 1.82) is 0 Å². The molecule has 0 aliphatic carbocycles. The van der Waals surface area contributed by atoms with E-state index >= 15 is 0 Å². The van der Waals surface area contributed by atoms with Crippen molar-refractivity contribution in [2.24, 2.45) is 0 Å². The Kier molecular flexibility index (Phi) is 8.18. The average molecular weight is 392 g/mol. The van der Waals surface area contributed by atoms with E-state index in [1.165, 1.54) is 6.07 Å². The first-order valence-corrected chi connectivity index (χ1v) is 8.07. The zero-order valence-corrected chi connectivity index (χ0v) is 15.8. The van der Waals surface area contributed by atoms with Gasteiger partial charge in [-0.15, -0.1) is 0 Å². The fourth-order valence-electron chi connectivity index (χ4n) is 1.47. The molecule has 0 saturated heterocycles. The predicted molar refractivity (Wildman–Crippen MR) is 93.9 cm³/mol. The summed E-state index contributed by atoms with van der Waals surface area (Å²) in [6.07, 6.45) is 0. The Hall–Kier alpha value is -1.80. The Labute approximate surface area is 156 Å². The maximum Gasteiger partial charge on any atom is 0.367 e. The standard InChI is InChI=1S/C16H21Cl2N2O5/c1-11(2)16(22)23-8-7-20(3,4)19-25-15(21)10-24-14-6-5-12(17)9-13(14)18/h5-6,9,19H,1,7-8,10H2,2-4H3/q+1. The zero-order chi connectivity index (χ0) is 19.0. The van der Waals surface area contributed by atoms with E-state index < -0.39 is 11.9 Å². The van der Waals surface area contributed by atoms with E-state index in [4.69, 9.17) is 37.5 Å². The van der Waals surface area contributed by atoms with Gasteiger partial charge in [-0.25, -0.2) is 14.2 Å². The first-order valence-electron chi connectivity index (χ1n) is 7.31. The third-order valence-electron chi connectivity index (χ3n) is 2.88. The van der Waals surface area contributed by atoms with E-state index in [1.807, 2.05) is 0 Å². The van der Waals surface area contributed by atoms with Gasteiger partial charge in [0.15, 0.2) is 6.61 Å². The van der Waals surface area contributed by atoms with Gasteiger partial charge in [-0.3, -0.25) is 0 Å². The average Bonchev–Trinajstić information content (AvgIpc) is 2.51. The molecule has 138 valence electrons. The highest BCUT2D eigenvalue weighted by molar-refractivity contribution is 6.35. The van der Waals surface area contributed by atoms with Crippen LogP contribution < -0.4 is 10.3 Å². The van der Waals surface area contributed by atoms with Gasteiger partial charge in [0, 0.05) is 16.2 Å². The fraction of sp³-hybridized carbons (Fsp3) is 0.375. The number of carbonyl (C=O) groups is 2. The normalized spacial score (nSPS) is 10.9. The van der Waals surface area contributed by atoms with E-state index in [1.54, 1.807) is 33.2 Å². The molecule has 0 amide bonds. The van der Waals surface area contributed by atoms with Crippen molar-refractivity contribution in [3.8, 4) is 5.75 Å². The highest BCUT2D eigenvalue weighted by Crippen LogP contribution is 2.27. The molecule has 0 heterocycles. The van der Waals surface area contributed by atoms with E-state index in [9.17, 15) is 9.59 Å². The number of likely N-dealkylation sites (N-methyl/N-ethyl adjacent to an activating group) is 1. The van der Waals surface area contributed by atoms with Crippen molar-refractivity contribution in [3.05, 3.63) is 40.4 Å². The Morgan fingerprint density at radius 1 is 1.28 bits per heavy atom. The molecule has 7 nitrogen and oxygen atoms in total. The molecule has 1 rings (SSSR count). The lowest BCUT2D eigenvalue weighted by atomic mass is 10.3. The molecule has 9 heteroatoms. The smallest absolute Gasteiger partial charge is 0.367 e. The van der Waals surface area contributed by atoms with E-state index in [0.717, 1.165) is 0 Å². The van der Waals surface area contributed by atoms with Gasteiger partial charge in [0.2, 0.25) is 0 Å².